The zero-order valence-corrected chi connectivity index (χ0v) is 10.7. The highest BCUT2D eigenvalue weighted by molar-refractivity contribution is 7.99. The molecule has 4 heteroatoms. The van der Waals surface area contributed by atoms with E-state index in [1.54, 1.807) is 11.8 Å². The summed E-state index contributed by atoms with van der Waals surface area (Å²) in [5.74, 6) is 1.22. The molecule has 2 aliphatic heterocycles. The first-order valence-electron chi connectivity index (χ1n) is 5.96. The summed E-state index contributed by atoms with van der Waals surface area (Å²) in [7, 11) is 1.93. The fraction of sp³-hybridized carbons (Fsp3) is 0.462. The molecule has 2 heterocycles. The number of nitrogens with one attached hydrogen (secondary N) is 1. The molecule has 1 N–H and O–H groups in total. The number of nitrogens with zero attached hydrogens (tertiary/aromatic N) is 1. The molecule has 0 aliphatic carbocycles. The number of benzene rings is 1. The molecule has 0 aromatic heterocycles. The molecule has 3 nitrogen and oxygen atoms in total. The van der Waals surface area contributed by atoms with Crippen molar-refractivity contribution in [2.75, 3.05) is 25.9 Å². The fourth-order valence-corrected chi connectivity index (χ4v) is 3.56. The molecular formula is C13H16N2OS. The number of amides is 1. The molecule has 3 rings (SSSR count). The van der Waals surface area contributed by atoms with E-state index in [1.807, 2.05) is 24.1 Å². The molecule has 0 saturated carbocycles. The van der Waals surface area contributed by atoms with E-state index < -0.39 is 0 Å². The summed E-state index contributed by atoms with van der Waals surface area (Å²) in [5, 5.41) is 3.21. The highest BCUT2D eigenvalue weighted by atomic mass is 32.2. The number of carbonyl (C=O) groups excluding carboxylic acids is 1. The van der Waals surface area contributed by atoms with Crippen LogP contribution in [0.4, 0.5) is 0 Å². The van der Waals surface area contributed by atoms with Crippen molar-refractivity contribution >= 4 is 17.7 Å². The monoisotopic (exact) mass is 248 g/mol. The van der Waals surface area contributed by atoms with Crippen molar-refractivity contribution in [2.24, 2.45) is 0 Å². The quantitative estimate of drug-likeness (QED) is 0.856. The summed E-state index contributed by atoms with van der Waals surface area (Å²) >= 11 is 1.80. The minimum absolute atomic E-state index is 0.0572. The molecule has 1 atom stereocenters. The summed E-state index contributed by atoms with van der Waals surface area (Å²) in [6.45, 7) is 1.87. The van der Waals surface area contributed by atoms with Gasteiger partial charge in [-0.2, -0.15) is 0 Å². The largest absolute Gasteiger partial charge is 0.340 e. The molecule has 1 saturated heterocycles. The van der Waals surface area contributed by atoms with Crippen LogP contribution in [0.25, 0.3) is 0 Å². The first kappa shape index (κ1) is 11.1. The highest BCUT2D eigenvalue weighted by Gasteiger charge is 2.34. The maximum absolute atomic E-state index is 12.4. The molecule has 0 radical (unpaired) electrons. The van der Waals surface area contributed by atoms with Crippen molar-refractivity contribution in [3.8, 4) is 0 Å². The van der Waals surface area contributed by atoms with Gasteiger partial charge in [-0.15, -0.1) is 11.8 Å². The number of hydrogen-bond donors (Lipinski definition) is 1. The lowest BCUT2D eigenvalue weighted by Crippen LogP contribution is -2.58. The molecule has 1 fully saturated rings. The molecule has 90 valence electrons. The Morgan fingerprint density at radius 2 is 2.18 bits per heavy atom. The number of hydrogen-bond acceptors (Lipinski definition) is 3. The lowest BCUT2D eigenvalue weighted by atomic mass is 9.98. The summed E-state index contributed by atoms with van der Waals surface area (Å²) in [6.07, 6.45) is 0. The van der Waals surface area contributed by atoms with Crippen molar-refractivity contribution in [3.05, 3.63) is 29.8 Å². The summed E-state index contributed by atoms with van der Waals surface area (Å²) in [5.41, 5.74) is 1.21. The van der Waals surface area contributed by atoms with E-state index in [4.69, 9.17) is 0 Å². The van der Waals surface area contributed by atoms with Gasteiger partial charge in [0, 0.05) is 30.8 Å². The van der Waals surface area contributed by atoms with Gasteiger partial charge in [0.25, 0.3) is 0 Å². The molecule has 1 amide bonds. The van der Waals surface area contributed by atoms with Gasteiger partial charge < -0.3 is 10.2 Å². The lowest BCUT2D eigenvalue weighted by molar-refractivity contribution is -0.133. The van der Waals surface area contributed by atoms with Crippen LogP contribution in [-0.2, 0) is 4.79 Å². The van der Waals surface area contributed by atoms with Crippen molar-refractivity contribution in [1.29, 1.82) is 0 Å². The third-order valence-electron chi connectivity index (χ3n) is 3.65. The zero-order chi connectivity index (χ0) is 11.8. The van der Waals surface area contributed by atoms with Gasteiger partial charge in [-0.3, -0.25) is 4.79 Å². The van der Waals surface area contributed by atoms with Gasteiger partial charge in [0.2, 0.25) is 5.91 Å². The predicted octanol–water partition coefficient (Wildman–Crippen LogP) is 1.31. The molecule has 1 unspecified atom stereocenters. The molecule has 17 heavy (non-hydrogen) atoms. The van der Waals surface area contributed by atoms with E-state index in [9.17, 15) is 4.79 Å². The van der Waals surface area contributed by atoms with Gasteiger partial charge in [-0.05, 0) is 11.6 Å². The second kappa shape index (κ2) is 4.35. The van der Waals surface area contributed by atoms with Gasteiger partial charge >= 0.3 is 0 Å². The Morgan fingerprint density at radius 1 is 1.41 bits per heavy atom. The van der Waals surface area contributed by atoms with Gasteiger partial charge in [0.15, 0.2) is 0 Å². The van der Waals surface area contributed by atoms with E-state index in [0.29, 0.717) is 6.04 Å². The second-order valence-electron chi connectivity index (χ2n) is 4.66. The number of likely N-dealkylation sites (N-methyl/N-ethyl adjacent to an activating group) is 1. The molecule has 1 aromatic carbocycles. The summed E-state index contributed by atoms with van der Waals surface area (Å²) < 4.78 is 0. The minimum Gasteiger partial charge on any atom is -0.340 e. The van der Waals surface area contributed by atoms with Crippen LogP contribution in [0.1, 0.15) is 11.5 Å². The van der Waals surface area contributed by atoms with E-state index in [1.165, 1.54) is 10.5 Å². The Hall–Kier alpha value is -1.00. The van der Waals surface area contributed by atoms with Crippen LogP contribution in [0, 0.1) is 0 Å². The normalized spacial score (nSPS) is 23.0. The number of thioether (sulfide) groups is 1. The van der Waals surface area contributed by atoms with Crippen molar-refractivity contribution in [2.45, 2.75) is 16.9 Å². The van der Waals surface area contributed by atoms with Crippen LogP contribution >= 0.6 is 11.8 Å². The average Bonchev–Trinajstić information content (AvgIpc) is 2.69. The third-order valence-corrected chi connectivity index (χ3v) is 4.84. The van der Waals surface area contributed by atoms with E-state index in [0.717, 1.165) is 18.8 Å². The standard InChI is InChI=1S/C13H16N2OS/c1-15(9-6-14-7-9)13(16)11-8-17-12-5-3-2-4-10(11)12/h2-5,9,11,14H,6-8H2,1H3. The third kappa shape index (κ3) is 1.85. The maximum Gasteiger partial charge on any atom is 0.231 e. The van der Waals surface area contributed by atoms with Crippen molar-refractivity contribution in [3.63, 3.8) is 0 Å². The SMILES string of the molecule is CN(C(=O)C1CSc2ccccc21)C1CNC1. The Kier molecular flexibility index (Phi) is 2.84. The van der Waals surface area contributed by atoms with E-state index in [2.05, 4.69) is 17.4 Å². The smallest absolute Gasteiger partial charge is 0.231 e. The van der Waals surface area contributed by atoms with Crippen molar-refractivity contribution < 1.29 is 4.79 Å². The van der Waals surface area contributed by atoms with Crippen LogP contribution < -0.4 is 5.32 Å². The molecular weight excluding hydrogens is 232 g/mol. The molecule has 0 spiro atoms. The zero-order valence-electron chi connectivity index (χ0n) is 9.85. The Morgan fingerprint density at radius 3 is 2.88 bits per heavy atom. The number of fused-ring (bicyclic) bond motifs is 1. The molecule has 1 aromatic rings. The number of carbonyl (C=O) groups is 1. The summed E-state index contributed by atoms with van der Waals surface area (Å²) in [4.78, 5) is 15.6. The van der Waals surface area contributed by atoms with Crippen LogP contribution in [0.3, 0.4) is 0 Å². The van der Waals surface area contributed by atoms with Gasteiger partial charge in [0.1, 0.15) is 0 Å². The second-order valence-corrected chi connectivity index (χ2v) is 5.72. The lowest BCUT2D eigenvalue weighted by Gasteiger charge is -2.37. The van der Waals surface area contributed by atoms with E-state index in [-0.39, 0.29) is 11.8 Å². The topological polar surface area (TPSA) is 32.3 Å². The molecule has 2 aliphatic rings. The van der Waals surface area contributed by atoms with Crippen molar-refractivity contribution in [1.82, 2.24) is 10.2 Å². The van der Waals surface area contributed by atoms with Crippen LogP contribution in [0.15, 0.2) is 29.2 Å². The van der Waals surface area contributed by atoms with Gasteiger partial charge in [-0.25, -0.2) is 0 Å². The Labute approximate surface area is 106 Å². The van der Waals surface area contributed by atoms with E-state index >= 15 is 0 Å². The van der Waals surface area contributed by atoms with Gasteiger partial charge in [-0.1, -0.05) is 18.2 Å². The molecule has 0 bridgehead atoms. The maximum atomic E-state index is 12.4. The highest BCUT2D eigenvalue weighted by Crippen LogP contribution is 2.40. The van der Waals surface area contributed by atoms with Crippen LogP contribution in [0.5, 0.6) is 0 Å². The minimum atomic E-state index is 0.0572. The predicted molar refractivity (Wildman–Crippen MR) is 69.3 cm³/mol. The summed E-state index contributed by atoms with van der Waals surface area (Å²) in [6, 6.07) is 8.65. The number of rotatable bonds is 2. The van der Waals surface area contributed by atoms with Gasteiger partial charge in [0.05, 0.1) is 12.0 Å². The fourth-order valence-electron chi connectivity index (χ4n) is 2.34. The van der Waals surface area contributed by atoms with Crippen LogP contribution in [-0.4, -0.2) is 42.7 Å². The first-order chi connectivity index (χ1) is 8.27. The Bertz CT molecular complexity index is 445. The van der Waals surface area contributed by atoms with Crippen LogP contribution in [0.2, 0.25) is 0 Å². The Balaban J connectivity index is 1.79. The average molecular weight is 248 g/mol. The first-order valence-corrected chi connectivity index (χ1v) is 6.95.